The third kappa shape index (κ3) is 4.14. The number of ether oxygens (including phenoxy) is 1. The molecule has 6 nitrogen and oxygen atoms in total. The van der Waals surface area contributed by atoms with Crippen LogP contribution < -0.4 is 10.6 Å². The molecule has 2 aliphatic rings. The highest BCUT2D eigenvalue weighted by Crippen LogP contribution is 2.29. The first kappa shape index (κ1) is 17.6. The van der Waals surface area contributed by atoms with Crippen LogP contribution in [-0.4, -0.2) is 61.2 Å². The number of H-pyrrole nitrogens is 1. The van der Waals surface area contributed by atoms with Crippen molar-refractivity contribution in [3.8, 4) is 0 Å². The van der Waals surface area contributed by atoms with E-state index in [4.69, 9.17) is 16.3 Å². The third-order valence-corrected chi connectivity index (χ3v) is 5.33. The molecule has 2 saturated heterocycles. The summed E-state index contributed by atoms with van der Waals surface area (Å²) in [7, 11) is 0. The quantitative estimate of drug-likeness (QED) is 0.724. The SMILES string of the molecule is O=C1CN(CCc2cc3cc(Cl)cc(NCC4CCCO4)c3[nH]2)CCN1. The van der Waals surface area contributed by atoms with Gasteiger partial charge in [0.15, 0.2) is 0 Å². The monoisotopic (exact) mass is 376 g/mol. The van der Waals surface area contributed by atoms with Gasteiger partial charge in [-0.05, 0) is 31.0 Å². The molecule has 4 rings (SSSR count). The van der Waals surface area contributed by atoms with Crippen LogP contribution in [0.15, 0.2) is 18.2 Å². The number of aromatic amines is 1. The van der Waals surface area contributed by atoms with Crippen molar-refractivity contribution in [1.29, 1.82) is 0 Å². The molecule has 0 spiro atoms. The zero-order valence-corrected chi connectivity index (χ0v) is 15.6. The minimum atomic E-state index is 0.111. The Kier molecular flexibility index (Phi) is 5.33. The Morgan fingerprint density at radius 3 is 3.08 bits per heavy atom. The summed E-state index contributed by atoms with van der Waals surface area (Å²) in [4.78, 5) is 17.2. The van der Waals surface area contributed by atoms with Gasteiger partial charge in [-0.3, -0.25) is 9.69 Å². The largest absolute Gasteiger partial charge is 0.381 e. The van der Waals surface area contributed by atoms with Crippen molar-refractivity contribution in [3.05, 3.63) is 28.9 Å². The van der Waals surface area contributed by atoms with Gasteiger partial charge in [0.05, 0.1) is 23.9 Å². The van der Waals surface area contributed by atoms with Crippen LogP contribution in [0.5, 0.6) is 0 Å². The van der Waals surface area contributed by atoms with Crippen molar-refractivity contribution in [2.45, 2.75) is 25.4 Å². The zero-order valence-electron chi connectivity index (χ0n) is 14.8. The van der Waals surface area contributed by atoms with Crippen molar-refractivity contribution >= 4 is 34.1 Å². The van der Waals surface area contributed by atoms with Gasteiger partial charge in [-0.15, -0.1) is 0 Å². The average molecular weight is 377 g/mol. The van der Waals surface area contributed by atoms with Crippen molar-refractivity contribution in [2.75, 3.05) is 44.6 Å². The summed E-state index contributed by atoms with van der Waals surface area (Å²) in [5, 5.41) is 8.19. The number of halogens is 1. The van der Waals surface area contributed by atoms with E-state index in [2.05, 4.69) is 26.6 Å². The predicted octanol–water partition coefficient (Wildman–Crippen LogP) is 2.39. The maximum absolute atomic E-state index is 11.5. The molecule has 3 N–H and O–H groups in total. The maximum Gasteiger partial charge on any atom is 0.234 e. The summed E-state index contributed by atoms with van der Waals surface area (Å²) in [6, 6.07) is 6.11. The Labute approximate surface area is 158 Å². The molecular weight excluding hydrogens is 352 g/mol. The molecule has 140 valence electrons. The third-order valence-electron chi connectivity index (χ3n) is 5.11. The van der Waals surface area contributed by atoms with E-state index in [9.17, 15) is 4.79 Å². The molecule has 26 heavy (non-hydrogen) atoms. The lowest BCUT2D eigenvalue weighted by atomic mass is 10.2. The predicted molar refractivity (Wildman–Crippen MR) is 104 cm³/mol. The van der Waals surface area contributed by atoms with Gasteiger partial charge < -0.3 is 20.4 Å². The molecule has 1 amide bonds. The van der Waals surface area contributed by atoms with Crippen LogP contribution in [0.25, 0.3) is 10.9 Å². The number of hydrogen-bond acceptors (Lipinski definition) is 4. The molecule has 1 aromatic heterocycles. The van der Waals surface area contributed by atoms with E-state index in [1.54, 1.807) is 0 Å². The Balaban J connectivity index is 1.44. The summed E-state index contributed by atoms with van der Waals surface area (Å²) < 4.78 is 5.69. The fourth-order valence-electron chi connectivity index (χ4n) is 3.73. The van der Waals surface area contributed by atoms with E-state index >= 15 is 0 Å². The van der Waals surface area contributed by atoms with Crippen molar-refractivity contribution in [3.63, 3.8) is 0 Å². The smallest absolute Gasteiger partial charge is 0.234 e. The average Bonchev–Trinajstić information content (AvgIpc) is 3.27. The van der Waals surface area contributed by atoms with Gasteiger partial charge in [0.2, 0.25) is 5.91 Å². The van der Waals surface area contributed by atoms with Crippen LogP contribution in [0, 0.1) is 0 Å². The molecule has 2 aliphatic heterocycles. The van der Waals surface area contributed by atoms with E-state index in [-0.39, 0.29) is 12.0 Å². The number of rotatable bonds is 6. The summed E-state index contributed by atoms with van der Waals surface area (Å²) >= 11 is 6.31. The number of piperazine rings is 1. The van der Waals surface area contributed by atoms with Crippen LogP contribution >= 0.6 is 11.6 Å². The Morgan fingerprint density at radius 1 is 1.35 bits per heavy atom. The van der Waals surface area contributed by atoms with Crippen LogP contribution in [0.1, 0.15) is 18.5 Å². The number of carbonyl (C=O) groups is 1. The maximum atomic E-state index is 11.5. The lowest BCUT2D eigenvalue weighted by Crippen LogP contribution is -2.48. The number of carbonyl (C=O) groups excluding carboxylic acids is 1. The highest BCUT2D eigenvalue weighted by atomic mass is 35.5. The van der Waals surface area contributed by atoms with E-state index in [1.165, 1.54) is 0 Å². The van der Waals surface area contributed by atoms with Crippen molar-refractivity contribution < 1.29 is 9.53 Å². The van der Waals surface area contributed by atoms with E-state index in [0.717, 1.165) is 79.4 Å². The first-order chi connectivity index (χ1) is 12.7. The van der Waals surface area contributed by atoms with E-state index in [0.29, 0.717) is 6.54 Å². The second-order valence-corrected chi connectivity index (χ2v) is 7.54. The fourth-order valence-corrected chi connectivity index (χ4v) is 3.96. The summed E-state index contributed by atoms with van der Waals surface area (Å²) in [6.45, 7) is 4.66. The molecule has 0 saturated carbocycles. The molecule has 3 heterocycles. The van der Waals surface area contributed by atoms with Gasteiger partial charge in [-0.1, -0.05) is 11.6 Å². The summed E-state index contributed by atoms with van der Waals surface area (Å²) in [6.07, 6.45) is 3.41. The Hall–Kier alpha value is -1.76. The van der Waals surface area contributed by atoms with Gasteiger partial charge in [-0.2, -0.15) is 0 Å². The molecule has 2 fully saturated rings. The highest BCUT2D eigenvalue weighted by molar-refractivity contribution is 6.31. The van der Waals surface area contributed by atoms with Crippen LogP contribution in [0.3, 0.4) is 0 Å². The molecule has 1 aromatic carbocycles. The molecule has 7 heteroatoms. The van der Waals surface area contributed by atoms with Gasteiger partial charge in [-0.25, -0.2) is 0 Å². The molecule has 1 unspecified atom stereocenters. The van der Waals surface area contributed by atoms with Crippen LogP contribution in [0.4, 0.5) is 5.69 Å². The Bertz CT molecular complexity index is 785. The van der Waals surface area contributed by atoms with Gasteiger partial charge >= 0.3 is 0 Å². The summed E-state index contributed by atoms with van der Waals surface area (Å²) in [5.74, 6) is 0.111. The minimum absolute atomic E-state index is 0.111. The molecule has 2 aromatic rings. The number of amides is 1. The first-order valence-corrected chi connectivity index (χ1v) is 9.71. The normalized spacial score (nSPS) is 21.3. The summed E-state index contributed by atoms with van der Waals surface area (Å²) in [5.41, 5.74) is 3.26. The lowest BCUT2D eigenvalue weighted by molar-refractivity contribution is -0.124. The number of aromatic nitrogens is 1. The number of benzene rings is 1. The molecule has 0 aliphatic carbocycles. The van der Waals surface area contributed by atoms with Crippen LogP contribution in [0.2, 0.25) is 5.02 Å². The molecule has 1 atom stereocenters. The van der Waals surface area contributed by atoms with E-state index in [1.807, 2.05) is 12.1 Å². The van der Waals surface area contributed by atoms with E-state index < -0.39 is 0 Å². The first-order valence-electron chi connectivity index (χ1n) is 9.33. The lowest BCUT2D eigenvalue weighted by Gasteiger charge is -2.26. The van der Waals surface area contributed by atoms with Gasteiger partial charge in [0.1, 0.15) is 0 Å². The van der Waals surface area contributed by atoms with Gasteiger partial charge in [0, 0.05) is 55.3 Å². The number of fused-ring (bicyclic) bond motifs is 1. The van der Waals surface area contributed by atoms with Gasteiger partial charge in [0.25, 0.3) is 0 Å². The topological polar surface area (TPSA) is 69.4 Å². The molecule has 0 radical (unpaired) electrons. The van der Waals surface area contributed by atoms with Crippen molar-refractivity contribution in [2.24, 2.45) is 0 Å². The number of nitrogens with one attached hydrogen (secondary N) is 3. The number of anilines is 1. The standard InChI is InChI=1S/C19H25ClN4O2/c20-14-8-13-9-15(3-5-24-6-4-21-18(25)12-24)23-19(13)17(10-14)22-11-16-2-1-7-26-16/h8-10,16,22-23H,1-7,11-12H2,(H,21,25). The number of nitrogens with zero attached hydrogens (tertiary/aromatic N) is 1. The molecular formula is C19H25ClN4O2. The zero-order chi connectivity index (χ0) is 17.9. The molecule has 0 bridgehead atoms. The highest BCUT2D eigenvalue weighted by Gasteiger charge is 2.17. The second kappa shape index (κ2) is 7.86. The fraction of sp³-hybridized carbons (Fsp3) is 0.526. The second-order valence-electron chi connectivity index (χ2n) is 7.10. The minimum Gasteiger partial charge on any atom is -0.381 e. The van der Waals surface area contributed by atoms with Crippen LogP contribution in [-0.2, 0) is 16.0 Å². The number of hydrogen-bond donors (Lipinski definition) is 3. The van der Waals surface area contributed by atoms with Crippen molar-refractivity contribution in [1.82, 2.24) is 15.2 Å². The Morgan fingerprint density at radius 2 is 2.27 bits per heavy atom.